The first kappa shape index (κ1) is 22.6. The zero-order valence-corrected chi connectivity index (χ0v) is 17.8. The van der Waals surface area contributed by atoms with E-state index in [9.17, 15) is 29.4 Å². The van der Waals surface area contributed by atoms with Gasteiger partial charge < -0.3 is 31.5 Å². The number of carboxylic acids is 1. The topological polar surface area (TPSA) is 162 Å². The minimum Gasteiger partial charge on any atom is -0.477 e. The van der Waals surface area contributed by atoms with Gasteiger partial charge in [0.25, 0.3) is 0 Å². The predicted octanol–water partition coefficient (Wildman–Crippen LogP) is -1.01. The average Bonchev–Trinajstić information content (AvgIpc) is 3.20. The summed E-state index contributed by atoms with van der Waals surface area (Å²) >= 11 is 1.46. The molecule has 3 aliphatic rings. The fourth-order valence-electron chi connectivity index (χ4n) is 4.45. The number of nitrogens with zero attached hydrogens (tertiary/aromatic N) is 1. The second-order valence-electron chi connectivity index (χ2n) is 8.12. The van der Waals surface area contributed by atoms with Crippen LogP contribution < -0.4 is 16.4 Å². The van der Waals surface area contributed by atoms with Gasteiger partial charge in [0.1, 0.15) is 5.70 Å². The number of hydrogen-bond acceptors (Lipinski definition) is 7. The number of rotatable bonds is 9. The number of amides is 3. The minimum absolute atomic E-state index is 0.0102. The van der Waals surface area contributed by atoms with Gasteiger partial charge in [-0.15, -0.1) is 11.8 Å². The van der Waals surface area contributed by atoms with Gasteiger partial charge in [-0.3, -0.25) is 14.4 Å². The van der Waals surface area contributed by atoms with E-state index < -0.39 is 23.9 Å². The first-order valence-electron chi connectivity index (χ1n) is 10.1. The Morgan fingerprint density at radius 1 is 1.37 bits per heavy atom. The van der Waals surface area contributed by atoms with Crippen molar-refractivity contribution in [3.63, 3.8) is 0 Å². The highest BCUT2D eigenvalue weighted by atomic mass is 32.2. The standard InChI is InChI=1S/C19H28N4O6S/c1-8-15-14(9(2)24)18(27)23(15)16(19(28)29)17(8)30-11-5-10(21-7-11)6-22-13(26)4-3-12(20)25/h8-11,14-15,21,24H,3-7H2,1-2H3,(H2,20,25)(H,22,26)(H,28,29)/t8-,9-,10+,11+,14-,15-/m1/s1. The van der Waals surface area contributed by atoms with E-state index >= 15 is 0 Å². The number of β-lactam (4-membered cyclic amide) rings is 1. The summed E-state index contributed by atoms with van der Waals surface area (Å²) in [6, 6.07) is -0.282. The Hall–Kier alpha value is -2.11. The van der Waals surface area contributed by atoms with E-state index in [-0.39, 0.29) is 53.6 Å². The number of aliphatic hydroxyl groups excluding tert-OH is 1. The number of hydrogen-bond donors (Lipinski definition) is 5. The number of nitrogens with one attached hydrogen (secondary N) is 2. The van der Waals surface area contributed by atoms with E-state index in [0.717, 1.165) is 6.42 Å². The van der Waals surface area contributed by atoms with E-state index in [4.69, 9.17) is 5.73 Å². The van der Waals surface area contributed by atoms with E-state index in [1.807, 2.05) is 6.92 Å². The highest BCUT2D eigenvalue weighted by Crippen LogP contribution is 2.51. The monoisotopic (exact) mass is 440 g/mol. The molecular formula is C19H28N4O6S. The molecule has 0 aromatic heterocycles. The van der Waals surface area contributed by atoms with Crippen molar-refractivity contribution in [2.75, 3.05) is 13.1 Å². The summed E-state index contributed by atoms with van der Waals surface area (Å²) in [7, 11) is 0. The van der Waals surface area contributed by atoms with Crippen LogP contribution in [0.3, 0.4) is 0 Å². The van der Waals surface area contributed by atoms with Crippen molar-refractivity contribution in [3.05, 3.63) is 10.6 Å². The molecule has 6 atom stereocenters. The van der Waals surface area contributed by atoms with E-state index in [1.165, 1.54) is 16.7 Å². The third kappa shape index (κ3) is 4.33. The van der Waals surface area contributed by atoms with E-state index in [2.05, 4.69) is 10.6 Å². The van der Waals surface area contributed by atoms with Crippen LogP contribution in [0, 0.1) is 11.8 Å². The molecular weight excluding hydrogens is 412 g/mol. The number of carbonyl (C=O) groups excluding carboxylic acids is 3. The fraction of sp³-hybridized carbons (Fsp3) is 0.684. The van der Waals surface area contributed by atoms with Crippen LogP contribution in [0.2, 0.25) is 0 Å². The van der Waals surface area contributed by atoms with Crippen LogP contribution in [0.4, 0.5) is 0 Å². The second-order valence-corrected chi connectivity index (χ2v) is 9.47. The van der Waals surface area contributed by atoms with Gasteiger partial charge in [0.05, 0.1) is 18.1 Å². The van der Waals surface area contributed by atoms with Gasteiger partial charge in [-0.05, 0) is 13.3 Å². The lowest BCUT2D eigenvalue weighted by molar-refractivity contribution is -0.163. The molecule has 10 nitrogen and oxygen atoms in total. The maximum absolute atomic E-state index is 12.4. The predicted molar refractivity (Wildman–Crippen MR) is 109 cm³/mol. The molecule has 2 fully saturated rings. The molecule has 3 heterocycles. The Morgan fingerprint density at radius 3 is 2.67 bits per heavy atom. The van der Waals surface area contributed by atoms with Crippen LogP contribution in [0.15, 0.2) is 10.6 Å². The van der Waals surface area contributed by atoms with Crippen LogP contribution in [-0.2, 0) is 19.2 Å². The Bertz CT molecular complexity index is 785. The molecule has 6 N–H and O–H groups in total. The van der Waals surface area contributed by atoms with Gasteiger partial charge in [0.15, 0.2) is 0 Å². The van der Waals surface area contributed by atoms with Crippen LogP contribution >= 0.6 is 11.8 Å². The molecule has 0 spiro atoms. The van der Waals surface area contributed by atoms with Crippen molar-refractivity contribution in [3.8, 4) is 0 Å². The second kappa shape index (κ2) is 8.94. The number of carboxylic acid groups (broad SMARTS) is 1. The van der Waals surface area contributed by atoms with Crippen LogP contribution in [-0.4, -0.2) is 75.3 Å². The molecule has 0 radical (unpaired) electrons. The molecule has 166 valence electrons. The van der Waals surface area contributed by atoms with E-state index in [1.54, 1.807) is 6.92 Å². The molecule has 3 rings (SSSR count). The quantitative estimate of drug-likeness (QED) is 0.285. The molecule has 0 aromatic carbocycles. The summed E-state index contributed by atoms with van der Waals surface area (Å²) in [5, 5.41) is 25.8. The molecule has 11 heteroatoms. The molecule has 2 saturated heterocycles. The molecule has 3 aliphatic heterocycles. The zero-order chi connectivity index (χ0) is 22.2. The lowest BCUT2D eigenvalue weighted by Gasteiger charge is -2.46. The molecule has 0 saturated carbocycles. The van der Waals surface area contributed by atoms with Gasteiger partial charge in [-0.2, -0.15) is 0 Å². The van der Waals surface area contributed by atoms with E-state index in [0.29, 0.717) is 18.0 Å². The molecule has 30 heavy (non-hydrogen) atoms. The number of aliphatic hydroxyl groups is 1. The molecule has 3 amide bonds. The lowest BCUT2D eigenvalue weighted by Crippen LogP contribution is -2.63. The number of nitrogens with two attached hydrogens (primary N) is 1. The van der Waals surface area contributed by atoms with Gasteiger partial charge >= 0.3 is 5.97 Å². The normalized spacial score (nSPS) is 31.4. The van der Waals surface area contributed by atoms with Crippen molar-refractivity contribution in [1.29, 1.82) is 0 Å². The van der Waals surface area contributed by atoms with Gasteiger partial charge in [0.2, 0.25) is 17.7 Å². The number of aliphatic carboxylic acids is 1. The Labute approximate surface area is 178 Å². The van der Waals surface area contributed by atoms with Crippen molar-refractivity contribution >= 4 is 35.5 Å². The SMILES string of the molecule is C[C@@H](O)[C@H]1C(=O)N2C(C(=O)O)=C(S[C@@H]3CN[C@H](CNC(=O)CCC(N)=O)C3)[C@H](C)[C@H]12. The molecule has 0 unspecified atom stereocenters. The van der Waals surface area contributed by atoms with Crippen molar-refractivity contribution in [2.45, 2.75) is 56.5 Å². The molecule has 0 aliphatic carbocycles. The highest BCUT2D eigenvalue weighted by molar-refractivity contribution is 8.03. The fourth-order valence-corrected chi connectivity index (χ4v) is 5.97. The summed E-state index contributed by atoms with van der Waals surface area (Å²) in [5.74, 6) is -2.96. The number of fused-ring (bicyclic) bond motifs is 1. The first-order chi connectivity index (χ1) is 14.1. The summed E-state index contributed by atoms with van der Waals surface area (Å²) in [5.41, 5.74) is 5.07. The summed E-state index contributed by atoms with van der Waals surface area (Å²) in [6.07, 6.45) is -0.0303. The Balaban J connectivity index is 1.58. The first-order valence-corrected chi connectivity index (χ1v) is 10.9. The maximum atomic E-state index is 12.4. The average molecular weight is 441 g/mol. The summed E-state index contributed by atoms with van der Waals surface area (Å²) in [4.78, 5) is 48.7. The number of primary amides is 1. The van der Waals surface area contributed by atoms with Crippen molar-refractivity contribution < 1.29 is 29.4 Å². The Morgan fingerprint density at radius 2 is 2.07 bits per heavy atom. The van der Waals surface area contributed by atoms with Crippen LogP contribution in [0.5, 0.6) is 0 Å². The molecule has 0 aromatic rings. The maximum Gasteiger partial charge on any atom is 0.353 e. The third-order valence-corrected chi connectivity index (χ3v) is 7.44. The number of thioether (sulfide) groups is 1. The van der Waals surface area contributed by atoms with Gasteiger partial charge in [-0.25, -0.2) is 4.79 Å². The van der Waals surface area contributed by atoms with Gasteiger partial charge in [-0.1, -0.05) is 6.92 Å². The third-order valence-electron chi connectivity index (χ3n) is 5.93. The molecule has 0 bridgehead atoms. The van der Waals surface area contributed by atoms with Crippen LogP contribution in [0.1, 0.15) is 33.1 Å². The van der Waals surface area contributed by atoms with Crippen molar-refractivity contribution in [2.24, 2.45) is 17.6 Å². The minimum atomic E-state index is -1.13. The zero-order valence-electron chi connectivity index (χ0n) is 17.0. The summed E-state index contributed by atoms with van der Waals surface area (Å²) < 4.78 is 0. The number of carbonyl (C=O) groups is 4. The largest absolute Gasteiger partial charge is 0.477 e. The van der Waals surface area contributed by atoms with Crippen LogP contribution in [0.25, 0.3) is 0 Å². The Kier molecular flexibility index (Phi) is 6.73. The van der Waals surface area contributed by atoms with Crippen molar-refractivity contribution in [1.82, 2.24) is 15.5 Å². The summed E-state index contributed by atoms with van der Waals surface area (Å²) in [6.45, 7) is 4.51. The smallest absolute Gasteiger partial charge is 0.353 e. The van der Waals surface area contributed by atoms with Gasteiger partial charge in [0, 0.05) is 48.0 Å². The lowest BCUT2D eigenvalue weighted by atomic mass is 9.79. The highest BCUT2D eigenvalue weighted by Gasteiger charge is 2.60.